The molecule has 1 N–H and O–H groups in total. The molecule has 104 valence electrons. The number of pyridine rings is 2. The van der Waals surface area contributed by atoms with Gasteiger partial charge in [-0.1, -0.05) is 0 Å². The van der Waals surface area contributed by atoms with Crippen LogP contribution in [-0.4, -0.2) is 25.5 Å². The lowest BCUT2D eigenvalue weighted by molar-refractivity contribution is 0.103. The lowest BCUT2D eigenvalue weighted by Gasteiger charge is -2.01. The quantitative estimate of drug-likeness (QED) is 0.735. The molecule has 0 spiro atoms. The second kappa shape index (κ2) is 5.16. The molecule has 0 aromatic carbocycles. The fourth-order valence-electron chi connectivity index (χ4n) is 2.12. The molecule has 3 aromatic heterocycles. The van der Waals surface area contributed by atoms with Crippen LogP contribution in [0.3, 0.4) is 0 Å². The van der Waals surface area contributed by atoms with Gasteiger partial charge in [0.25, 0.3) is 5.56 Å². The Kier molecular flexibility index (Phi) is 3.19. The summed E-state index contributed by atoms with van der Waals surface area (Å²) in [4.78, 5) is 32.8. The van der Waals surface area contributed by atoms with E-state index in [1.54, 1.807) is 49.9 Å². The number of carbonyl (C=O) groups is 1. The number of nitrogens with one attached hydrogen (secondary N) is 1. The summed E-state index contributed by atoms with van der Waals surface area (Å²) >= 11 is 0. The Morgan fingerprint density at radius 1 is 1.14 bits per heavy atom. The summed E-state index contributed by atoms with van der Waals surface area (Å²) in [6.45, 7) is 0. The van der Waals surface area contributed by atoms with Crippen LogP contribution in [0, 0.1) is 0 Å². The molecule has 0 fully saturated rings. The topological polar surface area (TPSA) is 80.6 Å². The van der Waals surface area contributed by atoms with Crippen LogP contribution in [0.1, 0.15) is 15.9 Å². The zero-order valence-electron chi connectivity index (χ0n) is 11.3. The highest BCUT2D eigenvalue weighted by Gasteiger charge is 2.22. The van der Waals surface area contributed by atoms with Crippen molar-refractivity contribution < 1.29 is 4.79 Å². The first kappa shape index (κ1) is 13.0. The number of rotatable bonds is 3. The Morgan fingerprint density at radius 3 is 2.48 bits per heavy atom. The number of H-pyrrole nitrogens is 1. The SMILES string of the molecule is Cn1[nH]c(-c2cccnc2)c(C(=O)c2cccnc2)c1=O. The second-order valence-electron chi connectivity index (χ2n) is 4.54. The molecule has 3 aromatic rings. The zero-order chi connectivity index (χ0) is 14.8. The third-order valence-electron chi connectivity index (χ3n) is 3.15. The lowest BCUT2D eigenvalue weighted by Crippen LogP contribution is -2.19. The molecule has 21 heavy (non-hydrogen) atoms. The van der Waals surface area contributed by atoms with Crippen LogP contribution in [0.5, 0.6) is 0 Å². The van der Waals surface area contributed by atoms with Crippen LogP contribution in [-0.2, 0) is 7.05 Å². The molecule has 0 aliphatic heterocycles. The van der Waals surface area contributed by atoms with Crippen LogP contribution < -0.4 is 5.56 Å². The summed E-state index contributed by atoms with van der Waals surface area (Å²) in [5, 5.41) is 2.90. The molecular weight excluding hydrogens is 268 g/mol. The number of aryl methyl sites for hydroxylation is 1. The van der Waals surface area contributed by atoms with E-state index in [-0.39, 0.29) is 16.9 Å². The van der Waals surface area contributed by atoms with Crippen LogP contribution >= 0.6 is 0 Å². The highest BCUT2D eigenvalue weighted by molar-refractivity contribution is 6.11. The molecule has 6 nitrogen and oxygen atoms in total. The Bertz CT molecular complexity index is 835. The maximum Gasteiger partial charge on any atom is 0.278 e. The first-order valence-electron chi connectivity index (χ1n) is 6.32. The molecule has 3 rings (SSSR count). The number of ketones is 1. The Labute approximate surface area is 120 Å². The third-order valence-corrected chi connectivity index (χ3v) is 3.15. The standard InChI is InChI=1S/C15H12N4O2/c1-19-15(21)12(14(20)11-5-3-7-17-9-11)13(18-19)10-4-2-6-16-8-10/h2-9,18H,1H3. The zero-order valence-corrected chi connectivity index (χ0v) is 11.3. The molecule has 3 heterocycles. The van der Waals surface area contributed by atoms with Crippen molar-refractivity contribution in [3.63, 3.8) is 0 Å². The van der Waals surface area contributed by atoms with Crippen molar-refractivity contribution >= 4 is 5.78 Å². The Hall–Kier alpha value is -3.02. The van der Waals surface area contributed by atoms with E-state index >= 15 is 0 Å². The van der Waals surface area contributed by atoms with E-state index in [2.05, 4.69) is 15.1 Å². The molecule has 0 saturated carbocycles. The summed E-state index contributed by atoms with van der Waals surface area (Å²) in [6, 6.07) is 6.83. The highest BCUT2D eigenvalue weighted by atomic mass is 16.2. The minimum atomic E-state index is -0.372. The van der Waals surface area contributed by atoms with Crippen LogP contribution in [0.2, 0.25) is 0 Å². The number of carbonyl (C=O) groups excluding carboxylic acids is 1. The highest BCUT2D eigenvalue weighted by Crippen LogP contribution is 2.20. The molecule has 0 amide bonds. The van der Waals surface area contributed by atoms with E-state index in [1.165, 1.54) is 10.9 Å². The van der Waals surface area contributed by atoms with Crippen molar-refractivity contribution in [1.29, 1.82) is 0 Å². The van der Waals surface area contributed by atoms with Gasteiger partial charge in [-0.05, 0) is 24.3 Å². The first-order chi connectivity index (χ1) is 10.2. The number of aromatic amines is 1. The largest absolute Gasteiger partial charge is 0.294 e. The number of hydrogen-bond donors (Lipinski definition) is 1. The third kappa shape index (κ3) is 2.27. The second-order valence-corrected chi connectivity index (χ2v) is 4.54. The summed E-state index contributed by atoms with van der Waals surface area (Å²) in [6.07, 6.45) is 6.26. The molecule has 6 heteroatoms. The summed E-state index contributed by atoms with van der Waals surface area (Å²) in [5.41, 5.74) is 1.24. The Morgan fingerprint density at radius 2 is 1.86 bits per heavy atom. The van der Waals surface area contributed by atoms with Gasteiger partial charge in [0.05, 0.1) is 5.69 Å². The molecule has 0 aliphatic rings. The summed E-state index contributed by atoms with van der Waals surface area (Å²) in [5.74, 6) is -0.358. The van der Waals surface area contributed by atoms with E-state index in [0.717, 1.165) is 0 Å². The molecule has 0 aliphatic carbocycles. The van der Waals surface area contributed by atoms with Gasteiger partial charge >= 0.3 is 0 Å². The van der Waals surface area contributed by atoms with E-state index in [4.69, 9.17) is 0 Å². The Balaban J connectivity index is 2.19. The van der Waals surface area contributed by atoms with E-state index in [9.17, 15) is 9.59 Å². The van der Waals surface area contributed by atoms with Crippen molar-refractivity contribution in [2.75, 3.05) is 0 Å². The average molecular weight is 280 g/mol. The predicted octanol–water partition coefficient (Wildman–Crippen LogP) is 1.40. The van der Waals surface area contributed by atoms with Crippen molar-refractivity contribution in [3.05, 3.63) is 70.5 Å². The molecule has 0 atom stereocenters. The number of aromatic nitrogens is 4. The molecule has 0 bridgehead atoms. The fourth-order valence-corrected chi connectivity index (χ4v) is 2.12. The number of hydrogen-bond acceptors (Lipinski definition) is 4. The smallest absolute Gasteiger partial charge is 0.278 e. The van der Waals surface area contributed by atoms with Gasteiger partial charge in [0.2, 0.25) is 5.78 Å². The van der Waals surface area contributed by atoms with Gasteiger partial charge in [-0.2, -0.15) is 0 Å². The maximum atomic E-state index is 12.6. The summed E-state index contributed by atoms with van der Waals surface area (Å²) in [7, 11) is 1.57. The average Bonchev–Trinajstić information content (AvgIpc) is 2.84. The van der Waals surface area contributed by atoms with Gasteiger partial charge in [0, 0.05) is 43.0 Å². The lowest BCUT2D eigenvalue weighted by atomic mass is 10.0. The minimum Gasteiger partial charge on any atom is -0.294 e. The van der Waals surface area contributed by atoms with Crippen molar-refractivity contribution in [1.82, 2.24) is 19.7 Å². The van der Waals surface area contributed by atoms with Crippen LogP contribution in [0.4, 0.5) is 0 Å². The van der Waals surface area contributed by atoms with Crippen molar-refractivity contribution in [3.8, 4) is 11.3 Å². The number of nitrogens with zero attached hydrogens (tertiary/aromatic N) is 3. The van der Waals surface area contributed by atoms with Gasteiger partial charge in [-0.15, -0.1) is 0 Å². The van der Waals surface area contributed by atoms with E-state index in [1.807, 2.05) is 0 Å². The van der Waals surface area contributed by atoms with Gasteiger partial charge < -0.3 is 0 Å². The van der Waals surface area contributed by atoms with Gasteiger partial charge in [0.15, 0.2) is 0 Å². The van der Waals surface area contributed by atoms with Gasteiger partial charge in [0.1, 0.15) is 5.56 Å². The van der Waals surface area contributed by atoms with E-state index < -0.39 is 0 Å². The maximum absolute atomic E-state index is 12.6. The van der Waals surface area contributed by atoms with Crippen LogP contribution in [0.15, 0.2) is 53.8 Å². The molecular formula is C15H12N4O2. The molecule has 0 radical (unpaired) electrons. The molecule has 0 unspecified atom stereocenters. The van der Waals surface area contributed by atoms with Gasteiger partial charge in [-0.3, -0.25) is 29.3 Å². The molecule has 0 saturated heterocycles. The fraction of sp³-hybridized carbons (Fsp3) is 0.0667. The van der Waals surface area contributed by atoms with Crippen LogP contribution in [0.25, 0.3) is 11.3 Å². The van der Waals surface area contributed by atoms with E-state index in [0.29, 0.717) is 16.8 Å². The monoisotopic (exact) mass is 280 g/mol. The minimum absolute atomic E-state index is 0.0958. The predicted molar refractivity (Wildman–Crippen MR) is 76.9 cm³/mol. The summed E-state index contributed by atoms with van der Waals surface area (Å²) < 4.78 is 1.28. The van der Waals surface area contributed by atoms with Crippen molar-refractivity contribution in [2.45, 2.75) is 0 Å². The first-order valence-corrected chi connectivity index (χ1v) is 6.32. The normalized spacial score (nSPS) is 10.5. The van der Waals surface area contributed by atoms with Gasteiger partial charge in [-0.25, -0.2) is 0 Å². The van der Waals surface area contributed by atoms with Crippen molar-refractivity contribution in [2.24, 2.45) is 7.05 Å².